The molecule has 2 atom stereocenters. The molecule has 0 bridgehead atoms. The highest BCUT2D eigenvalue weighted by atomic mass is 16.5. The van der Waals surface area contributed by atoms with E-state index >= 15 is 0 Å². The minimum atomic E-state index is -1.09. The lowest BCUT2D eigenvalue weighted by atomic mass is 10.0. The maximum absolute atomic E-state index is 11.8. The first-order valence-electron chi connectivity index (χ1n) is 6.71. The van der Waals surface area contributed by atoms with E-state index in [2.05, 4.69) is 5.32 Å². The fourth-order valence-electron chi connectivity index (χ4n) is 1.98. The van der Waals surface area contributed by atoms with E-state index in [4.69, 9.17) is 4.74 Å². The van der Waals surface area contributed by atoms with Crippen molar-refractivity contribution in [3.05, 3.63) is 29.8 Å². The van der Waals surface area contributed by atoms with Crippen molar-refractivity contribution in [1.82, 2.24) is 5.32 Å². The first-order chi connectivity index (χ1) is 9.92. The number of nitrogens with one attached hydrogen (secondary N) is 1. The Balaban J connectivity index is 2.59. The Morgan fingerprint density at radius 3 is 2.43 bits per heavy atom. The van der Waals surface area contributed by atoms with Crippen LogP contribution in [-0.4, -0.2) is 41.8 Å². The van der Waals surface area contributed by atoms with E-state index in [1.807, 2.05) is 6.92 Å². The summed E-state index contributed by atoms with van der Waals surface area (Å²) >= 11 is 0. The number of hydrogen-bond donors (Lipinski definition) is 3. The molecule has 116 valence electrons. The maximum Gasteiger partial charge on any atom is 0.326 e. The van der Waals surface area contributed by atoms with Crippen LogP contribution >= 0.6 is 0 Å². The quantitative estimate of drug-likeness (QED) is 0.669. The third-order valence-electron chi connectivity index (χ3n) is 2.99. The van der Waals surface area contributed by atoms with Crippen LogP contribution in [0.25, 0.3) is 0 Å². The second-order valence-corrected chi connectivity index (χ2v) is 5.09. The molecular formula is C15H21NO5. The number of amides is 1. The van der Waals surface area contributed by atoms with Crippen LogP contribution in [0.3, 0.4) is 0 Å². The molecule has 21 heavy (non-hydrogen) atoms. The Kier molecular flexibility index (Phi) is 6.68. The lowest BCUT2D eigenvalue weighted by Crippen LogP contribution is -2.42. The van der Waals surface area contributed by atoms with Gasteiger partial charge in [0.05, 0.1) is 0 Å². The summed E-state index contributed by atoms with van der Waals surface area (Å²) in [5.41, 5.74) is 0.727. The van der Waals surface area contributed by atoms with Crippen molar-refractivity contribution < 1.29 is 24.5 Å². The first-order valence-corrected chi connectivity index (χ1v) is 6.71. The van der Waals surface area contributed by atoms with Crippen LogP contribution < -0.4 is 5.32 Å². The summed E-state index contributed by atoms with van der Waals surface area (Å²) < 4.78 is 4.94. The monoisotopic (exact) mass is 295 g/mol. The molecule has 0 aliphatic rings. The van der Waals surface area contributed by atoms with Crippen molar-refractivity contribution in [2.45, 2.75) is 25.8 Å². The lowest BCUT2D eigenvalue weighted by Gasteiger charge is -2.16. The molecule has 1 amide bonds. The number of aromatic hydroxyl groups is 1. The summed E-state index contributed by atoms with van der Waals surface area (Å²) in [4.78, 5) is 23.0. The van der Waals surface area contributed by atoms with Crippen LogP contribution in [0.2, 0.25) is 0 Å². The summed E-state index contributed by atoms with van der Waals surface area (Å²) in [7, 11) is 1.55. The van der Waals surface area contributed by atoms with Gasteiger partial charge >= 0.3 is 5.97 Å². The number of carboxylic acids is 1. The van der Waals surface area contributed by atoms with Gasteiger partial charge in [0.2, 0.25) is 5.91 Å². The summed E-state index contributed by atoms with van der Waals surface area (Å²) in [6.07, 6.45) is 0.382. The standard InChI is InChI=1S/C15H21NO5/c1-10(9-21-2)7-14(18)16-13(15(19)20)8-11-3-5-12(17)6-4-11/h3-6,10,13,17H,7-9H2,1-2H3,(H,16,18)(H,19,20)/t10?,13-/m1/s1. The van der Waals surface area contributed by atoms with Gasteiger partial charge in [0, 0.05) is 26.6 Å². The van der Waals surface area contributed by atoms with E-state index in [0.29, 0.717) is 6.61 Å². The SMILES string of the molecule is COCC(C)CC(=O)N[C@H](Cc1ccc(O)cc1)C(=O)O. The van der Waals surface area contributed by atoms with Crippen molar-refractivity contribution in [2.75, 3.05) is 13.7 Å². The van der Waals surface area contributed by atoms with Gasteiger partial charge in [-0.05, 0) is 23.6 Å². The molecule has 3 N–H and O–H groups in total. The first kappa shape index (κ1) is 17.0. The van der Waals surface area contributed by atoms with Gasteiger partial charge in [0.1, 0.15) is 11.8 Å². The highest BCUT2D eigenvalue weighted by molar-refractivity contribution is 5.83. The minimum absolute atomic E-state index is 0.0260. The molecule has 1 unspecified atom stereocenters. The third-order valence-corrected chi connectivity index (χ3v) is 2.99. The molecule has 0 radical (unpaired) electrons. The van der Waals surface area contributed by atoms with Crippen LogP contribution in [0.4, 0.5) is 0 Å². The fourth-order valence-corrected chi connectivity index (χ4v) is 1.98. The van der Waals surface area contributed by atoms with Crippen molar-refractivity contribution in [3.63, 3.8) is 0 Å². The number of hydrogen-bond acceptors (Lipinski definition) is 4. The van der Waals surface area contributed by atoms with Crippen LogP contribution in [0.5, 0.6) is 5.75 Å². The average Bonchev–Trinajstić information content (AvgIpc) is 2.40. The third kappa shape index (κ3) is 6.27. The number of carboxylic acid groups (broad SMARTS) is 1. The van der Waals surface area contributed by atoms with Gasteiger partial charge < -0.3 is 20.3 Å². The molecule has 0 saturated heterocycles. The number of carbonyl (C=O) groups is 2. The minimum Gasteiger partial charge on any atom is -0.508 e. The van der Waals surface area contributed by atoms with Crippen molar-refractivity contribution in [1.29, 1.82) is 0 Å². The molecule has 0 aliphatic heterocycles. The molecule has 6 nitrogen and oxygen atoms in total. The van der Waals surface area contributed by atoms with Gasteiger partial charge in [0.25, 0.3) is 0 Å². The maximum atomic E-state index is 11.8. The Bertz CT molecular complexity index is 471. The van der Waals surface area contributed by atoms with Gasteiger partial charge in [-0.15, -0.1) is 0 Å². The van der Waals surface area contributed by atoms with Gasteiger partial charge in [-0.25, -0.2) is 4.79 Å². The number of benzene rings is 1. The largest absolute Gasteiger partial charge is 0.508 e. The number of aliphatic carboxylic acids is 1. The lowest BCUT2D eigenvalue weighted by molar-refractivity contribution is -0.142. The van der Waals surface area contributed by atoms with E-state index in [9.17, 15) is 19.8 Å². The number of phenolic OH excluding ortho intramolecular Hbond substituents is 1. The van der Waals surface area contributed by atoms with E-state index in [1.54, 1.807) is 19.2 Å². The Hall–Kier alpha value is -2.08. The molecule has 1 aromatic rings. The molecule has 0 heterocycles. The van der Waals surface area contributed by atoms with Crippen molar-refractivity contribution >= 4 is 11.9 Å². The van der Waals surface area contributed by atoms with E-state index < -0.39 is 12.0 Å². The van der Waals surface area contributed by atoms with Gasteiger partial charge in [-0.2, -0.15) is 0 Å². The Labute approximate surface area is 123 Å². The fraction of sp³-hybridized carbons (Fsp3) is 0.467. The molecular weight excluding hydrogens is 274 g/mol. The topological polar surface area (TPSA) is 95.9 Å². The highest BCUT2D eigenvalue weighted by Gasteiger charge is 2.21. The number of ether oxygens (including phenoxy) is 1. The van der Waals surface area contributed by atoms with Gasteiger partial charge in [0.15, 0.2) is 0 Å². The van der Waals surface area contributed by atoms with E-state index in [0.717, 1.165) is 5.56 Å². The molecule has 0 fully saturated rings. The van der Waals surface area contributed by atoms with E-state index in [-0.39, 0.29) is 30.4 Å². The summed E-state index contributed by atoms with van der Waals surface area (Å²) in [5, 5.41) is 20.9. The van der Waals surface area contributed by atoms with Crippen molar-refractivity contribution in [3.8, 4) is 5.75 Å². The average molecular weight is 295 g/mol. The normalized spacial score (nSPS) is 13.4. The molecule has 6 heteroatoms. The Morgan fingerprint density at radius 2 is 1.90 bits per heavy atom. The summed E-state index contributed by atoms with van der Waals surface area (Å²) in [5.74, 6) is -1.26. The Morgan fingerprint density at radius 1 is 1.29 bits per heavy atom. The smallest absolute Gasteiger partial charge is 0.326 e. The second-order valence-electron chi connectivity index (χ2n) is 5.09. The van der Waals surface area contributed by atoms with Crippen LogP contribution in [0.1, 0.15) is 18.9 Å². The zero-order valence-electron chi connectivity index (χ0n) is 12.2. The van der Waals surface area contributed by atoms with Gasteiger partial charge in [-0.3, -0.25) is 4.79 Å². The molecule has 1 rings (SSSR count). The van der Waals surface area contributed by atoms with Crippen LogP contribution in [0.15, 0.2) is 24.3 Å². The van der Waals surface area contributed by atoms with Crippen LogP contribution in [-0.2, 0) is 20.7 Å². The van der Waals surface area contributed by atoms with Gasteiger partial charge in [-0.1, -0.05) is 19.1 Å². The summed E-state index contributed by atoms with van der Waals surface area (Å²) in [6, 6.07) is 5.24. The van der Waals surface area contributed by atoms with Crippen LogP contribution in [0, 0.1) is 5.92 Å². The predicted octanol–water partition coefficient (Wildman–Crippen LogP) is 1.18. The number of carbonyl (C=O) groups excluding carboxylic acids is 1. The predicted molar refractivity (Wildman–Crippen MR) is 77.0 cm³/mol. The number of rotatable bonds is 8. The molecule has 0 aromatic heterocycles. The second kappa shape index (κ2) is 8.26. The molecule has 0 spiro atoms. The van der Waals surface area contributed by atoms with Crippen molar-refractivity contribution in [2.24, 2.45) is 5.92 Å². The molecule has 1 aromatic carbocycles. The molecule has 0 saturated carbocycles. The summed E-state index contributed by atoms with van der Waals surface area (Å²) in [6.45, 7) is 2.31. The zero-order valence-corrected chi connectivity index (χ0v) is 12.2. The highest BCUT2D eigenvalue weighted by Crippen LogP contribution is 2.12. The molecule has 0 aliphatic carbocycles. The number of methoxy groups -OCH3 is 1. The zero-order chi connectivity index (χ0) is 15.8. The number of phenols is 1. The van der Waals surface area contributed by atoms with E-state index in [1.165, 1.54) is 12.1 Å².